The lowest BCUT2D eigenvalue weighted by Crippen LogP contribution is -2.11. The molecule has 1 heterocycles. The van der Waals surface area contributed by atoms with Crippen LogP contribution in [0.25, 0.3) is 10.9 Å². The largest absolute Gasteiger partial charge is 0.298 e. The monoisotopic (exact) mass is 285 g/mol. The van der Waals surface area contributed by atoms with E-state index in [0.717, 1.165) is 6.29 Å². The van der Waals surface area contributed by atoms with E-state index in [4.69, 9.17) is 0 Å². The lowest BCUT2D eigenvalue weighted by Gasteiger charge is -2.07. The molecule has 0 saturated carbocycles. The van der Waals surface area contributed by atoms with Crippen molar-refractivity contribution in [3.05, 3.63) is 66.4 Å². The van der Waals surface area contributed by atoms with E-state index < -0.39 is 10.0 Å². The molecule has 0 atom stereocenters. The number of aromatic nitrogens is 1. The van der Waals surface area contributed by atoms with Crippen LogP contribution in [0.2, 0.25) is 0 Å². The average Bonchev–Trinajstić information content (AvgIpc) is 2.91. The highest BCUT2D eigenvalue weighted by atomic mass is 32.2. The molecule has 3 rings (SSSR count). The molecule has 4 nitrogen and oxygen atoms in total. The second-order valence-corrected chi connectivity index (χ2v) is 6.18. The van der Waals surface area contributed by atoms with Gasteiger partial charge in [-0.05, 0) is 36.4 Å². The third-order valence-electron chi connectivity index (χ3n) is 3.11. The van der Waals surface area contributed by atoms with Crippen molar-refractivity contribution in [3.8, 4) is 0 Å². The molecule has 0 N–H and O–H groups in total. The third-order valence-corrected chi connectivity index (χ3v) is 4.82. The summed E-state index contributed by atoms with van der Waals surface area (Å²) >= 11 is 0. The van der Waals surface area contributed by atoms with E-state index in [1.807, 2.05) is 0 Å². The molecular weight excluding hydrogens is 274 g/mol. The summed E-state index contributed by atoms with van der Waals surface area (Å²) in [4.78, 5) is 11.0. The predicted octanol–water partition coefficient (Wildman–Crippen LogP) is 2.69. The maximum Gasteiger partial charge on any atom is 0.268 e. The van der Waals surface area contributed by atoms with Crippen molar-refractivity contribution in [2.45, 2.75) is 4.90 Å². The molecule has 0 spiro atoms. The van der Waals surface area contributed by atoms with E-state index in [9.17, 15) is 13.2 Å². The van der Waals surface area contributed by atoms with Crippen LogP contribution in [0.3, 0.4) is 0 Å². The first kappa shape index (κ1) is 12.6. The van der Waals surface area contributed by atoms with Gasteiger partial charge in [-0.1, -0.05) is 18.2 Å². The van der Waals surface area contributed by atoms with Gasteiger partial charge in [0.05, 0.1) is 10.4 Å². The number of rotatable bonds is 3. The van der Waals surface area contributed by atoms with Gasteiger partial charge in [0, 0.05) is 17.1 Å². The van der Waals surface area contributed by atoms with Gasteiger partial charge in [-0.2, -0.15) is 0 Å². The van der Waals surface area contributed by atoms with Crippen LogP contribution in [0.5, 0.6) is 0 Å². The molecule has 5 heteroatoms. The first-order valence-corrected chi connectivity index (χ1v) is 7.44. The normalized spacial score (nSPS) is 11.6. The summed E-state index contributed by atoms with van der Waals surface area (Å²) in [5, 5.41) is 0.717. The Labute approximate surface area is 116 Å². The van der Waals surface area contributed by atoms with E-state index in [2.05, 4.69) is 0 Å². The Hall–Kier alpha value is -2.40. The zero-order chi connectivity index (χ0) is 14.2. The van der Waals surface area contributed by atoms with Crippen molar-refractivity contribution < 1.29 is 13.2 Å². The minimum Gasteiger partial charge on any atom is -0.298 e. The summed E-state index contributed by atoms with van der Waals surface area (Å²) in [6.45, 7) is 0. The highest BCUT2D eigenvalue weighted by Crippen LogP contribution is 2.22. The number of fused-ring (bicyclic) bond motifs is 1. The van der Waals surface area contributed by atoms with Crippen molar-refractivity contribution in [1.82, 2.24) is 3.97 Å². The van der Waals surface area contributed by atoms with Gasteiger partial charge in [0.25, 0.3) is 10.0 Å². The van der Waals surface area contributed by atoms with E-state index >= 15 is 0 Å². The van der Waals surface area contributed by atoms with Crippen LogP contribution in [-0.2, 0) is 10.0 Å². The van der Waals surface area contributed by atoms with E-state index in [-0.39, 0.29) is 4.90 Å². The molecule has 0 amide bonds. The number of nitrogens with zero attached hydrogens (tertiary/aromatic N) is 1. The van der Waals surface area contributed by atoms with Crippen molar-refractivity contribution in [2.75, 3.05) is 0 Å². The van der Waals surface area contributed by atoms with E-state index in [0.29, 0.717) is 16.5 Å². The van der Waals surface area contributed by atoms with Gasteiger partial charge in [0.1, 0.15) is 6.29 Å². The quantitative estimate of drug-likeness (QED) is 0.695. The highest BCUT2D eigenvalue weighted by molar-refractivity contribution is 7.90. The molecular formula is C15H11NO3S. The second kappa shape index (κ2) is 4.61. The molecule has 0 saturated heterocycles. The lowest BCUT2D eigenvalue weighted by molar-refractivity contribution is 0.112. The van der Waals surface area contributed by atoms with Gasteiger partial charge in [-0.25, -0.2) is 12.4 Å². The van der Waals surface area contributed by atoms with Crippen molar-refractivity contribution >= 4 is 27.2 Å². The van der Waals surface area contributed by atoms with Crippen LogP contribution in [-0.4, -0.2) is 18.7 Å². The maximum atomic E-state index is 12.6. The fraction of sp³-hybridized carbons (Fsp3) is 0. The first-order chi connectivity index (χ1) is 9.63. The van der Waals surface area contributed by atoms with E-state index in [1.165, 1.54) is 10.2 Å². The summed E-state index contributed by atoms with van der Waals surface area (Å²) < 4.78 is 26.3. The minimum atomic E-state index is -3.61. The molecule has 20 heavy (non-hydrogen) atoms. The Bertz CT molecular complexity index is 880. The zero-order valence-electron chi connectivity index (χ0n) is 10.4. The van der Waals surface area contributed by atoms with Gasteiger partial charge in [0.2, 0.25) is 0 Å². The number of aldehydes is 1. The first-order valence-electron chi connectivity index (χ1n) is 6.00. The Balaban J connectivity index is 2.23. The molecule has 0 aliphatic carbocycles. The summed E-state index contributed by atoms with van der Waals surface area (Å²) in [6, 6.07) is 14.8. The smallest absolute Gasteiger partial charge is 0.268 e. The van der Waals surface area contributed by atoms with Crippen molar-refractivity contribution in [2.24, 2.45) is 0 Å². The second-order valence-electron chi connectivity index (χ2n) is 4.37. The Morgan fingerprint density at radius 1 is 0.950 bits per heavy atom. The third kappa shape index (κ3) is 1.92. The lowest BCUT2D eigenvalue weighted by atomic mass is 10.2. The fourth-order valence-corrected chi connectivity index (χ4v) is 3.50. The summed E-state index contributed by atoms with van der Waals surface area (Å²) in [7, 11) is -3.61. The number of hydrogen-bond acceptors (Lipinski definition) is 3. The van der Waals surface area contributed by atoms with Gasteiger partial charge in [0.15, 0.2) is 0 Å². The predicted molar refractivity (Wildman–Crippen MR) is 76.4 cm³/mol. The SMILES string of the molecule is O=Cc1ccc2c(ccn2S(=O)(=O)c2ccccc2)c1. The Morgan fingerprint density at radius 3 is 2.40 bits per heavy atom. The van der Waals surface area contributed by atoms with Gasteiger partial charge < -0.3 is 0 Å². The van der Waals surface area contributed by atoms with Crippen LogP contribution >= 0.6 is 0 Å². The number of hydrogen-bond donors (Lipinski definition) is 0. The molecule has 0 radical (unpaired) electrons. The topological polar surface area (TPSA) is 56.1 Å². The summed E-state index contributed by atoms with van der Waals surface area (Å²) in [6.07, 6.45) is 2.24. The fourth-order valence-electron chi connectivity index (χ4n) is 2.12. The van der Waals surface area contributed by atoms with Crippen LogP contribution < -0.4 is 0 Å². The number of carbonyl (C=O) groups is 1. The molecule has 0 fully saturated rings. The minimum absolute atomic E-state index is 0.233. The van der Waals surface area contributed by atoms with E-state index in [1.54, 1.807) is 54.6 Å². The van der Waals surface area contributed by atoms with Gasteiger partial charge >= 0.3 is 0 Å². The molecule has 0 aliphatic heterocycles. The molecule has 0 unspecified atom stereocenters. The molecule has 100 valence electrons. The van der Waals surface area contributed by atoms with Crippen LogP contribution in [0.4, 0.5) is 0 Å². The highest BCUT2D eigenvalue weighted by Gasteiger charge is 2.18. The van der Waals surface area contributed by atoms with Gasteiger partial charge in [-0.15, -0.1) is 0 Å². The zero-order valence-corrected chi connectivity index (χ0v) is 11.2. The molecule has 2 aromatic carbocycles. The molecule has 0 bridgehead atoms. The molecule has 3 aromatic rings. The van der Waals surface area contributed by atoms with Gasteiger partial charge in [-0.3, -0.25) is 4.79 Å². The summed E-state index contributed by atoms with van der Waals surface area (Å²) in [5.41, 5.74) is 1.08. The standard InChI is InChI=1S/C15H11NO3S/c17-11-12-6-7-15-13(10-12)8-9-16(15)20(18,19)14-4-2-1-3-5-14/h1-11H. The average molecular weight is 285 g/mol. The molecule has 1 aromatic heterocycles. The maximum absolute atomic E-state index is 12.6. The molecule has 0 aliphatic rings. The summed E-state index contributed by atoms with van der Waals surface area (Å²) in [5.74, 6) is 0. The Kier molecular flexibility index (Phi) is 2.91. The van der Waals surface area contributed by atoms with Crippen molar-refractivity contribution in [3.63, 3.8) is 0 Å². The number of benzene rings is 2. The number of carbonyl (C=O) groups excluding carboxylic acids is 1. The van der Waals surface area contributed by atoms with Crippen LogP contribution in [0.15, 0.2) is 65.7 Å². The van der Waals surface area contributed by atoms with Crippen LogP contribution in [0, 0.1) is 0 Å². The van der Waals surface area contributed by atoms with Crippen LogP contribution in [0.1, 0.15) is 10.4 Å². The Morgan fingerprint density at radius 2 is 1.70 bits per heavy atom. The van der Waals surface area contributed by atoms with Crippen molar-refractivity contribution in [1.29, 1.82) is 0 Å².